The fourth-order valence-corrected chi connectivity index (χ4v) is 5.24. The van der Waals surface area contributed by atoms with Crippen molar-refractivity contribution < 1.29 is 19.4 Å². The summed E-state index contributed by atoms with van der Waals surface area (Å²) in [5, 5.41) is 10.4. The van der Waals surface area contributed by atoms with Gasteiger partial charge in [-0.1, -0.05) is 31.5 Å². The minimum atomic E-state index is -0.495. The van der Waals surface area contributed by atoms with Crippen LogP contribution in [0, 0.1) is 0 Å². The van der Waals surface area contributed by atoms with Crippen LogP contribution < -0.4 is 9.47 Å². The van der Waals surface area contributed by atoms with E-state index >= 15 is 0 Å². The highest BCUT2D eigenvalue weighted by atomic mass is 35.5. The standard InChI is InChI=1S/C27H29ClN2O4/c1-26(2,17-31)20-8-6-18(15-22(20)33-3)25(32)29-13-10-27(11-14-29)24-5-4-12-30(24)21-9-7-19(28)16-23(21)34-27/h4-9,12,15-16,31H,10-11,13-14,17H2,1-3H3. The topological polar surface area (TPSA) is 63.9 Å². The van der Waals surface area contributed by atoms with Gasteiger partial charge < -0.3 is 24.0 Å². The quantitative estimate of drug-likeness (QED) is 0.575. The number of aliphatic hydroxyl groups excluding tert-OH is 1. The Morgan fingerprint density at radius 3 is 2.65 bits per heavy atom. The summed E-state index contributed by atoms with van der Waals surface area (Å²) in [5.74, 6) is 1.35. The molecule has 0 aliphatic carbocycles. The number of piperidine rings is 1. The molecule has 1 amide bonds. The maximum absolute atomic E-state index is 13.4. The number of amides is 1. The van der Waals surface area contributed by atoms with Gasteiger partial charge in [0.05, 0.1) is 25.1 Å². The first kappa shape index (κ1) is 22.8. The Labute approximate surface area is 204 Å². The minimum absolute atomic E-state index is 0.0130. The molecule has 1 aromatic heterocycles. The molecule has 178 valence electrons. The van der Waals surface area contributed by atoms with Crippen LogP contribution in [-0.2, 0) is 11.0 Å². The second-order valence-electron chi connectivity index (χ2n) is 9.72. The van der Waals surface area contributed by atoms with Gasteiger partial charge in [0, 0.05) is 59.8 Å². The van der Waals surface area contributed by atoms with Gasteiger partial charge in [-0.05, 0) is 36.4 Å². The van der Waals surface area contributed by atoms with Crippen molar-refractivity contribution >= 4 is 17.5 Å². The highest BCUT2D eigenvalue weighted by Gasteiger charge is 2.44. The third kappa shape index (κ3) is 3.65. The lowest BCUT2D eigenvalue weighted by molar-refractivity contribution is -0.00930. The molecule has 0 atom stereocenters. The summed E-state index contributed by atoms with van der Waals surface area (Å²) >= 11 is 6.24. The molecule has 1 N–H and O–H groups in total. The van der Waals surface area contributed by atoms with E-state index in [0.29, 0.717) is 42.3 Å². The summed E-state index contributed by atoms with van der Waals surface area (Å²) in [4.78, 5) is 15.2. The molecule has 0 radical (unpaired) electrons. The fraction of sp³-hybridized carbons (Fsp3) is 0.370. The number of fused-ring (bicyclic) bond motifs is 4. The predicted molar refractivity (Wildman–Crippen MR) is 131 cm³/mol. The van der Waals surface area contributed by atoms with Crippen molar-refractivity contribution in [1.29, 1.82) is 0 Å². The van der Waals surface area contributed by atoms with Crippen LogP contribution in [0.4, 0.5) is 0 Å². The van der Waals surface area contributed by atoms with Crippen LogP contribution >= 0.6 is 11.6 Å². The van der Waals surface area contributed by atoms with E-state index in [2.05, 4.69) is 10.6 Å². The van der Waals surface area contributed by atoms with Gasteiger partial charge >= 0.3 is 0 Å². The van der Waals surface area contributed by atoms with Gasteiger partial charge in [-0.25, -0.2) is 0 Å². The smallest absolute Gasteiger partial charge is 0.253 e. The van der Waals surface area contributed by atoms with Gasteiger partial charge in [-0.3, -0.25) is 4.79 Å². The van der Waals surface area contributed by atoms with E-state index in [0.717, 1.165) is 22.7 Å². The third-order valence-electron chi connectivity index (χ3n) is 7.13. The molecule has 3 aromatic rings. The highest BCUT2D eigenvalue weighted by molar-refractivity contribution is 6.30. The molecule has 5 rings (SSSR count). The number of methoxy groups -OCH3 is 1. The van der Waals surface area contributed by atoms with Crippen molar-refractivity contribution in [2.24, 2.45) is 0 Å². The number of likely N-dealkylation sites (tertiary alicyclic amines) is 1. The Morgan fingerprint density at radius 1 is 1.18 bits per heavy atom. The highest BCUT2D eigenvalue weighted by Crippen LogP contribution is 2.46. The van der Waals surface area contributed by atoms with Gasteiger partial charge in [0.2, 0.25) is 0 Å². The van der Waals surface area contributed by atoms with E-state index in [1.807, 2.05) is 61.3 Å². The SMILES string of the molecule is COc1cc(C(=O)N2CCC3(CC2)Oc2cc(Cl)ccc2-n2cccc23)ccc1C(C)(C)CO. The van der Waals surface area contributed by atoms with Gasteiger partial charge in [0.25, 0.3) is 5.91 Å². The summed E-state index contributed by atoms with van der Waals surface area (Å²) in [7, 11) is 1.59. The molecule has 1 fully saturated rings. The van der Waals surface area contributed by atoms with Crippen LogP contribution in [0.1, 0.15) is 48.3 Å². The van der Waals surface area contributed by atoms with Crippen molar-refractivity contribution in [3.05, 3.63) is 76.6 Å². The van der Waals surface area contributed by atoms with Crippen molar-refractivity contribution in [2.45, 2.75) is 37.7 Å². The summed E-state index contributed by atoms with van der Waals surface area (Å²) < 4.78 is 14.3. The molecular weight excluding hydrogens is 452 g/mol. The Hall–Kier alpha value is -2.96. The number of halogens is 1. The first-order valence-corrected chi connectivity index (χ1v) is 11.9. The van der Waals surface area contributed by atoms with Crippen LogP contribution in [0.5, 0.6) is 11.5 Å². The van der Waals surface area contributed by atoms with Gasteiger partial charge in [-0.2, -0.15) is 0 Å². The lowest BCUT2D eigenvalue weighted by Crippen LogP contribution is -2.50. The number of aliphatic hydroxyl groups is 1. The molecular formula is C27H29ClN2O4. The number of aromatic nitrogens is 1. The lowest BCUT2D eigenvalue weighted by Gasteiger charge is -2.45. The van der Waals surface area contributed by atoms with E-state index in [1.165, 1.54) is 0 Å². The summed E-state index contributed by atoms with van der Waals surface area (Å²) in [6, 6.07) is 15.3. The van der Waals surface area contributed by atoms with Crippen molar-refractivity contribution in [3.63, 3.8) is 0 Å². The van der Waals surface area contributed by atoms with Crippen LogP contribution in [0.25, 0.3) is 5.69 Å². The Morgan fingerprint density at radius 2 is 1.94 bits per heavy atom. The molecule has 0 bridgehead atoms. The zero-order chi connectivity index (χ0) is 24.1. The molecule has 34 heavy (non-hydrogen) atoms. The van der Waals surface area contributed by atoms with Gasteiger partial charge in [0.15, 0.2) is 5.60 Å². The molecule has 6 nitrogen and oxygen atoms in total. The zero-order valence-corrected chi connectivity index (χ0v) is 20.4. The monoisotopic (exact) mass is 480 g/mol. The first-order chi connectivity index (χ1) is 16.3. The van der Waals surface area contributed by atoms with Gasteiger partial charge in [-0.15, -0.1) is 0 Å². The number of hydrogen-bond acceptors (Lipinski definition) is 4. The van der Waals surface area contributed by atoms with E-state index < -0.39 is 11.0 Å². The molecule has 2 aromatic carbocycles. The Bertz CT molecular complexity index is 1240. The number of ether oxygens (including phenoxy) is 2. The van der Waals surface area contributed by atoms with Crippen LogP contribution in [0.3, 0.4) is 0 Å². The van der Waals surface area contributed by atoms with E-state index in [1.54, 1.807) is 13.2 Å². The summed E-state index contributed by atoms with van der Waals surface area (Å²) in [6.07, 6.45) is 3.41. The molecule has 0 unspecified atom stereocenters. The molecule has 3 heterocycles. The van der Waals surface area contributed by atoms with E-state index in [-0.39, 0.29) is 12.5 Å². The summed E-state index contributed by atoms with van der Waals surface area (Å²) in [6.45, 7) is 5.03. The third-order valence-corrected chi connectivity index (χ3v) is 7.37. The Balaban J connectivity index is 1.37. The average molecular weight is 481 g/mol. The van der Waals surface area contributed by atoms with Crippen molar-refractivity contribution in [3.8, 4) is 17.2 Å². The number of benzene rings is 2. The normalized spacial score (nSPS) is 16.6. The van der Waals surface area contributed by atoms with Crippen LogP contribution in [-0.4, -0.2) is 47.3 Å². The van der Waals surface area contributed by atoms with Crippen molar-refractivity contribution in [1.82, 2.24) is 9.47 Å². The molecule has 2 aliphatic heterocycles. The molecule has 1 saturated heterocycles. The minimum Gasteiger partial charge on any atom is -0.496 e. The fourth-order valence-electron chi connectivity index (χ4n) is 5.07. The number of carbonyl (C=O) groups is 1. The first-order valence-electron chi connectivity index (χ1n) is 11.5. The largest absolute Gasteiger partial charge is 0.496 e. The molecule has 2 aliphatic rings. The number of rotatable bonds is 4. The van der Waals surface area contributed by atoms with Crippen LogP contribution in [0.2, 0.25) is 5.02 Å². The predicted octanol–water partition coefficient (Wildman–Crippen LogP) is 4.93. The second-order valence-corrected chi connectivity index (χ2v) is 10.2. The lowest BCUT2D eigenvalue weighted by atomic mass is 9.84. The second kappa shape index (κ2) is 8.36. The molecule has 0 saturated carbocycles. The average Bonchev–Trinajstić information content (AvgIpc) is 3.35. The van der Waals surface area contributed by atoms with Gasteiger partial charge in [0.1, 0.15) is 11.5 Å². The maximum atomic E-state index is 13.4. The summed E-state index contributed by atoms with van der Waals surface area (Å²) in [5.41, 5.74) is 2.58. The van der Waals surface area contributed by atoms with Crippen molar-refractivity contribution in [2.75, 3.05) is 26.8 Å². The van der Waals surface area contributed by atoms with E-state index in [4.69, 9.17) is 21.1 Å². The molecule has 7 heteroatoms. The maximum Gasteiger partial charge on any atom is 0.253 e. The zero-order valence-electron chi connectivity index (χ0n) is 19.7. The molecule has 1 spiro atoms. The number of carbonyl (C=O) groups excluding carboxylic acids is 1. The Kier molecular flexibility index (Phi) is 5.61. The number of nitrogens with zero attached hydrogens (tertiary/aromatic N) is 2. The van der Waals surface area contributed by atoms with E-state index in [9.17, 15) is 9.90 Å². The number of hydrogen-bond donors (Lipinski definition) is 1. The van der Waals surface area contributed by atoms with Crippen LogP contribution in [0.15, 0.2) is 54.7 Å².